The molecule has 2 aliphatic rings. The number of rotatable bonds is 4. The van der Waals surface area contributed by atoms with E-state index in [1.807, 2.05) is 13.8 Å². The number of sulfonamides is 1. The number of hydrogen-bond donors (Lipinski definition) is 1. The molecule has 0 unspecified atom stereocenters. The van der Waals surface area contributed by atoms with Gasteiger partial charge in [-0.15, -0.1) is 0 Å². The average Bonchev–Trinajstić information content (AvgIpc) is 2.79. The fourth-order valence-corrected chi connectivity index (χ4v) is 6.29. The summed E-state index contributed by atoms with van der Waals surface area (Å²) in [4.78, 5) is 12.4. The van der Waals surface area contributed by atoms with Gasteiger partial charge in [0.25, 0.3) is 0 Å². The van der Waals surface area contributed by atoms with Gasteiger partial charge in [0.05, 0.1) is 16.7 Å². The standard InChI is InChI=1S/C17H20F3NO3S/c1-15(2)11-6-7-16(15,14(22)9-11)10-25(23,24)21-13-5-3-4-12(8-13)17(18,19)20/h3-5,8,11,21H,6-7,9-10H2,1-2H3/t11-,16-/m0/s1. The van der Waals surface area contributed by atoms with E-state index in [9.17, 15) is 26.4 Å². The van der Waals surface area contributed by atoms with Gasteiger partial charge in [-0.05, 0) is 42.4 Å². The number of fused-ring (bicyclic) bond motifs is 2. The lowest BCUT2D eigenvalue weighted by Crippen LogP contribution is -2.43. The van der Waals surface area contributed by atoms with Crippen molar-refractivity contribution in [2.45, 2.75) is 39.3 Å². The highest BCUT2D eigenvalue weighted by Gasteiger charge is 2.65. The summed E-state index contributed by atoms with van der Waals surface area (Å²) in [6.45, 7) is 3.82. The van der Waals surface area contributed by atoms with Crippen LogP contribution in [0.2, 0.25) is 0 Å². The van der Waals surface area contributed by atoms with E-state index in [1.54, 1.807) is 0 Å². The van der Waals surface area contributed by atoms with Crippen molar-refractivity contribution in [3.05, 3.63) is 29.8 Å². The van der Waals surface area contributed by atoms with Crippen LogP contribution in [0.15, 0.2) is 24.3 Å². The molecule has 2 atom stereocenters. The molecule has 4 nitrogen and oxygen atoms in total. The van der Waals surface area contributed by atoms with Crippen molar-refractivity contribution in [1.29, 1.82) is 0 Å². The van der Waals surface area contributed by atoms with Crippen molar-refractivity contribution in [1.82, 2.24) is 0 Å². The molecule has 0 amide bonds. The molecule has 8 heteroatoms. The fourth-order valence-electron chi connectivity index (χ4n) is 4.41. The van der Waals surface area contributed by atoms with Crippen LogP contribution < -0.4 is 4.72 Å². The summed E-state index contributed by atoms with van der Waals surface area (Å²) < 4.78 is 65.7. The number of halogens is 3. The van der Waals surface area contributed by atoms with E-state index in [-0.39, 0.29) is 17.4 Å². The maximum Gasteiger partial charge on any atom is 0.416 e. The third-order valence-electron chi connectivity index (χ3n) is 6.04. The van der Waals surface area contributed by atoms with Gasteiger partial charge in [0.15, 0.2) is 0 Å². The minimum atomic E-state index is -4.55. The number of carbonyl (C=O) groups excluding carboxylic acids is 1. The highest BCUT2D eigenvalue weighted by molar-refractivity contribution is 7.92. The van der Waals surface area contributed by atoms with E-state index in [0.717, 1.165) is 24.6 Å². The third-order valence-corrected chi connectivity index (χ3v) is 7.46. The van der Waals surface area contributed by atoms with Crippen LogP contribution in [-0.2, 0) is 21.0 Å². The predicted octanol–water partition coefficient (Wildman–Crippen LogP) is 3.84. The van der Waals surface area contributed by atoms with Gasteiger partial charge in [0.1, 0.15) is 5.78 Å². The van der Waals surface area contributed by atoms with Crippen LogP contribution in [0.3, 0.4) is 0 Å². The van der Waals surface area contributed by atoms with Crippen molar-refractivity contribution in [2.24, 2.45) is 16.7 Å². The fraction of sp³-hybridized carbons (Fsp3) is 0.588. The Balaban J connectivity index is 1.85. The molecule has 0 aliphatic heterocycles. The zero-order chi connectivity index (χ0) is 18.7. The molecule has 1 aromatic rings. The zero-order valence-corrected chi connectivity index (χ0v) is 14.8. The molecule has 1 aromatic carbocycles. The summed E-state index contributed by atoms with van der Waals surface area (Å²) in [7, 11) is -3.97. The first-order valence-electron chi connectivity index (χ1n) is 8.08. The summed E-state index contributed by atoms with van der Waals surface area (Å²) in [5, 5.41) is 0. The van der Waals surface area contributed by atoms with Crippen LogP contribution in [0.25, 0.3) is 0 Å². The van der Waals surface area contributed by atoms with Gasteiger partial charge < -0.3 is 0 Å². The Morgan fingerprint density at radius 1 is 1.28 bits per heavy atom. The minimum absolute atomic E-state index is 0.0526. The molecule has 0 radical (unpaired) electrons. The SMILES string of the molecule is CC1(C)[C@H]2CC[C@]1(CS(=O)(=O)Nc1cccc(C(F)(F)F)c1)C(=O)C2. The first kappa shape index (κ1) is 18.2. The van der Waals surface area contributed by atoms with E-state index in [2.05, 4.69) is 4.72 Å². The molecule has 138 valence electrons. The van der Waals surface area contributed by atoms with Crippen molar-refractivity contribution < 1.29 is 26.4 Å². The molecular weight excluding hydrogens is 355 g/mol. The quantitative estimate of drug-likeness (QED) is 0.870. The van der Waals surface area contributed by atoms with Crippen LogP contribution in [0.5, 0.6) is 0 Å². The summed E-state index contributed by atoms with van der Waals surface area (Å²) >= 11 is 0. The normalized spacial score (nSPS) is 28.4. The first-order valence-corrected chi connectivity index (χ1v) is 9.74. The highest BCUT2D eigenvalue weighted by Crippen LogP contribution is 2.64. The minimum Gasteiger partial charge on any atom is -0.299 e. The molecule has 1 N–H and O–H groups in total. The predicted molar refractivity (Wildman–Crippen MR) is 87.4 cm³/mol. The summed E-state index contributed by atoms with van der Waals surface area (Å²) in [6, 6.07) is 4.05. The maximum atomic E-state index is 12.8. The smallest absolute Gasteiger partial charge is 0.299 e. The molecule has 0 spiro atoms. The number of hydrogen-bond acceptors (Lipinski definition) is 3. The molecule has 25 heavy (non-hydrogen) atoms. The van der Waals surface area contributed by atoms with Crippen molar-refractivity contribution in [2.75, 3.05) is 10.5 Å². The van der Waals surface area contributed by atoms with E-state index in [1.165, 1.54) is 6.07 Å². The number of alkyl halides is 3. The molecular formula is C17H20F3NO3S. The van der Waals surface area contributed by atoms with Gasteiger partial charge in [-0.2, -0.15) is 13.2 Å². The summed E-state index contributed by atoms with van der Waals surface area (Å²) in [5.41, 5.74) is -2.45. The molecule has 0 saturated heterocycles. The van der Waals surface area contributed by atoms with Gasteiger partial charge in [-0.3, -0.25) is 9.52 Å². The molecule has 2 saturated carbocycles. The second kappa shape index (κ2) is 5.46. The molecule has 0 aromatic heterocycles. The monoisotopic (exact) mass is 375 g/mol. The van der Waals surface area contributed by atoms with E-state index in [4.69, 9.17) is 0 Å². The zero-order valence-electron chi connectivity index (χ0n) is 14.0. The van der Waals surface area contributed by atoms with Crippen LogP contribution in [0, 0.1) is 16.7 Å². The lowest BCUT2D eigenvalue weighted by atomic mass is 9.70. The second-order valence-corrected chi connectivity index (χ2v) is 9.33. The Kier molecular flexibility index (Phi) is 3.98. The van der Waals surface area contributed by atoms with E-state index < -0.39 is 38.3 Å². The highest BCUT2D eigenvalue weighted by atomic mass is 32.2. The van der Waals surface area contributed by atoms with Gasteiger partial charge in [0, 0.05) is 12.1 Å². The van der Waals surface area contributed by atoms with E-state index in [0.29, 0.717) is 12.8 Å². The Hall–Kier alpha value is -1.57. The first-order chi connectivity index (χ1) is 11.4. The lowest BCUT2D eigenvalue weighted by Gasteiger charge is -2.36. The number of nitrogens with one attached hydrogen (secondary N) is 1. The van der Waals surface area contributed by atoms with Crippen molar-refractivity contribution in [3.8, 4) is 0 Å². The maximum absolute atomic E-state index is 12.8. The largest absolute Gasteiger partial charge is 0.416 e. The Morgan fingerprint density at radius 2 is 1.96 bits per heavy atom. The number of benzene rings is 1. The van der Waals surface area contributed by atoms with Gasteiger partial charge in [0.2, 0.25) is 10.0 Å². The number of Topliss-reactive ketones (excluding diaryl/α,β-unsaturated/α-hetero) is 1. The molecule has 2 bridgehead atoms. The summed E-state index contributed by atoms with van der Waals surface area (Å²) in [5.74, 6) is -0.273. The summed E-state index contributed by atoms with van der Waals surface area (Å²) in [6.07, 6.45) is -2.86. The third kappa shape index (κ3) is 2.94. The number of carbonyl (C=O) groups is 1. The molecule has 2 aliphatic carbocycles. The molecule has 3 rings (SSSR count). The van der Waals surface area contributed by atoms with Gasteiger partial charge in [-0.25, -0.2) is 8.42 Å². The van der Waals surface area contributed by atoms with Crippen LogP contribution in [0.1, 0.15) is 38.7 Å². The Labute approximate surface area is 144 Å². The molecule has 2 fully saturated rings. The average molecular weight is 375 g/mol. The van der Waals surface area contributed by atoms with Crippen LogP contribution in [0.4, 0.5) is 18.9 Å². The van der Waals surface area contributed by atoms with Crippen molar-refractivity contribution >= 4 is 21.5 Å². The van der Waals surface area contributed by atoms with Crippen LogP contribution >= 0.6 is 0 Å². The number of ketones is 1. The Morgan fingerprint density at radius 3 is 2.48 bits per heavy atom. The van der Waals surface area contributed by atoms with E-state index >= 15 is 0 Å². The van der Waals surface area contributed by atoms with Crippen molar-refractivity contribution in [3.63, 3.8) is 0 Å². The number of anilines is 1. The topological polar surface area (TPSA) is 63.2 Å². The van der Waals surface area contributed by atoms with Gasteiger partial charge >= 0.3 is 6.18 Å². The second-order valence-electron chi connectivity index (χ2n) is 7.61. The Bertz CT molecular complexity index is 817. The van der Waals surface area contributed by atoms with Gasteiger partial charge in [-0.1, -0.05) is 19.9 Å². The lowest BCUT2D eigenvalue weighted by molar-refractivity contribution is -0.137. The van der Waals surface area contributed by atoms with Crippen LogP contribution in [-0.4, -0.2) is 20.0 Å². The molecule has 0 heterocycles.